The van der Waals surface area contributed by atoms with E-state index in [9.17, 15) is 14.4 Å². The van der Waals surface area contributed by atoms with E-state index < -0.39 is 30.3 Å². The van der Waals surface area contributed by atoms with Crippen molar-refractivity contribution < 1.29 is 24.6 Å². The van der Waals surface area contributed by atoms with Gasteiger partial charge in [0.25, 0.3) is 5.91 Å². The SMILES string of the molecule is CSc1ccc(C)c(C(=O)NC(CC(=O)O)C(=O)O)c1. The van der Waals surface area contributed by atoms with Crippen molar-refractivity contribution in [3.63, 3.8) is 0 Å². The molecule has 0 spiro atoms. The van der Waals surface area contributed by atoms with Crippen LogP contribution < -0.4 is 5.32 Å². The predicted octanol–water partition coefficient (Wildman–Crippen LogP) is 1.37. The smallest absolute Gasteiger partial charge is 0.326 e. The molecule has 108 valence electrons. The van der Waals surface area contributed by atoms with Crippen molar-refractivity contribution in [3.05, 3.63) is 29.3 Å². The summed E-state index contributed by atoms with van der Waals surface area (Å²) in [6, 6.07) is 3.81. The topological polar surface area (TPSA) is 104 Å². The quantitative estimate of drug-likeness (QED) is 0.685. The second-order valence-corrected chi connectivity index (χ2v) is 5.02. The number of amides is 1. The Morgan fingerprint density at radius 3 is 2.45 bits per heavy atom. The van der Waals surface area contributed by atoms with E-state index in [0.29, 0.717) is 11.1 Å². The second kappa shape index (κ2) is 6.95. The molecule has 1 aromatic carbocycles. The first-order valence-corrected chi connectivity index (χ1v) is 6.97. The van der Waals surface area contributed by atoms with E-state index in [1.54, 1.807) is 19.1 Å². The number of hydrogen-bond donors (Lipinski definition) is 3. The Morgan fingerprint density at radius 1 is 1.30 bits per heavy atom. The largest absolute Gasteiger partial charge is 0.481 e. The highest BCUT2D eigenvalue weighted by molar-refractivity contribution is 7.98. The van der Waals surface area contributed by atoms with E-state index in [-0.39, 0.29) is 0 Å². The number of carbonyl (C=O) groups is 3. The third-order valence-corrected chi connectivity index (χ3v) is 3.40. The van der Waals surface area contributed by atoms with Crippen LogP contribution in [-0.2, 0) is 9.59 Å². The summed E-state index contributed by atoms with van der Waals surface area (Å²) in [4.78, 5) is 34.4. The molecule has 0 saturated carbocycles. The highest BCUT2D eigenvalue weighted by atomic mass is 32.2. The molecule has 1 amide bonds. The summed E-state index contributed by atoms with van der Waals surface area (Å²) in [5, 5.41) is 19.8. The zero-order chi connectivity index (χ0) is 15.3. The molecule has 1 rings (SSSR count). The van der Waals surface area contributed by atoms with Gasteiger partial charge in [-0.3, -0.25) is 9.59 Å². The molecule has 0 aliphatic carbocycles. The first-order valence-electron chi connectivity index (χ1n) is 5.75. The third-order valence-electron chi connectivity index (χ3n) is 2.67. The summed E-state index contributed by atoms with van der Waals surface area (Å²) in [5.41, 5.74) is 1.04. The van der Waals surface area contributed by atoms with Crippen LogP contribution in [0, 0.1) is 6.92 Å². The maximum atomic E-state index is 12.1. The normalized spacial score (nSPS) is 11.7. The number of aliphatic carboxylic acids is 2. The summed E-state index contributed by atoms with van der Waals surface area (Å²) >= 11 is 1.45. The van der Waals surface area contributed by atoms with Gasteiger partial charge in [0.2, 0.25) is 0 Å². The van der Waals surface area contributed by atoms with Gasteiger partial charge in [-0.25, -0.2) is 4.79 Å². The molecule has 3 N–H and O–H groups in total. The van der Waals surface area contributed by atoms with Crippen molar-refractivity contribution in [1.82, 2.24) is 5.32 Å². The molecule has 0 heterocycles. The number of carboxylic acid groups (broad SMARTS) is 2. The van der Waals surface area contributed by atoms with E-state index >= 15 is 0 Å². The van der Waals surface area contributed by atoms with Crippen LogP contribution >= 0.6 is 11.8 Å². The average molecular weight is 297 g/mol. The summed E-state index contributed by atoms with van der Waals surface area (Å²) in [6.45, 7) is 1.73. The van der Waals surface area contributed by atoms with Crippen molar-refractivity contribution in [2.45, 2.75) is 24.3 Å². The second-order valence-electron chi connectivity index (χ2n) is 4.14. The number of rotatable bonds is 6. The fourth-order valence-corrected chi connectivity index (χ4v) is 2.02. The van der Waals surface area contributed by atoms with Gasteiger partial charge in [-0.15, -0.1) is 11.8 Å². The van der Waals surface area contributed by atoms with Crippen molar-refractivity contribution in [3.8, 4) is 0 Å². The van der Waals surface area contributed by atoms with Gasteiger partial charge in [-0.2, -0.15) is 0 Å². The molecule has 0 radical (unpaired) electrons. The maximum Gasteiger partial charge on any atom is 0.326 e. The Labute approximate surface area is 120 Å². The van der Waals surface area contributed by atoms with Gasteiger partial charge in [0.15, 0.2) is 0 Å². The standard InChI is InChI=1S/C13H15NO5S/c1-7-3-4-8(20-2)5-9(7)12(17)14-10(13(18)19)6-11(15)16/h3-5,10H,6H2,1-2H3,(H,14,17)(H,15,16)(H,18,19). The zero-order valence-electron chi connectivity index (χ0n) is 11.0. The average Bonchev–Trinajstić information content (AvgIpc) is 2.37. The number of hydrogen-bond acceptors (Lipinski definition) is 4. The van der Waals surface area contributed by atoms with Gasteiger partial charge >= 0.3 is 11.9 Å². The Kier molecular flexibility index (Phi) is 5.57. The lowest BCUT2D eigenvalue weighted by molar-refractivity contribution is -0.145. The number of aryl methyl sites for hydroxylation is 1. The van der Waals surface area contributed by atoms with E-state index in [2.05, 4.69) is 5.32 Å². The van der Waals surface area contributed by atoms with Crippen LogP contribution in [-0.4, -0.2) is 40.4 Å². The van der Waals surface area contributed by atoms with Crippen LogP contribution in [0.5, 0.6) is 0 Å². The van der Waals surface area contributed by atoms with Crippen molar-refractivity contribution >= 4 is 29.6 Å². The molecule has 7 heteroatoms. The van der Waals surface area contributed by atoms with Gasteiger partial charge in [0.1, 0.15) is 6.04 Å². The predicted molar refractivity (Wildman–Crippen MR) is 74.1 cm³/mol. The van der Waals surface area contributed by atoms with Crippen molar-refractivity contribution in [2.24, 2.45) is 0 Å². The minimum atomic E-state index is -1.45. The van der Waals surface area contributed by atoms with Crippen molar-refractivity contribution in [2.75, 3.05) is 6.26 Å². The monoisotopic (exact) mass is 297 g/mol. The molecule has 0 fully saturated rings. The van der Waals surface area contributed by atoms with E-state index in [0.717, 1.165) is 4.90 Å². The minimum Gasteiger partial charge on any atom is -0.481 e. The van der Waals surface area contributed by atoms with E-state index in [4.69, 9.17) is 10.2 Å². The minimum absolute atomic E-state index is 0.341. The molecule has 6 nitrogen and oxygen atoms in total. The molecule has 0 aliphatic heterocycles. The molecule has 0 aromatic heterocycles. The van der Waals surface area contributed by atoms with Crippen LogP contribution in [0.15, 0.2) is 23.1 Å². The number of nitrogens with one attached hydrogen (secondary N) is 1. The first-order chi connectivity index (χ1) is 9.35. The molecule has 0 aliphatic rings. The fraction of sp³-hybridized carbons (Fsp3) is 0.308. The lowest BCUT2D eigenvalue weighted by Crippen LogP contribution is -2.42. The van der Waals surface area contributed by atoms with Crippen LogP contribution in [0.4, 0.5) is 0 Å². The Morgan fingerprint density at radius 2 is 1.95 bits per heavy atom. The van der Waals surface area contributed by atoms with Crippen LogP contribution in [0.2, 0.25) is 0 Å². The van der Waals surface area contributed by atoms with E-state index in [1.807, 2.05) is 12.3 Å². The highest BCUT2D eigenvalue weighted by Gasteiger charge is 2.24. The Balaban J connectivity index is 2.94. The number of carbonyl (C=O) groups excluding carboxylic acids is 1. The third kappa shape index (κ3) is 4.27. The summed E-state index contributed by atoms with van der Waals surface area (Å²) in [6.07, 6.45) is 1.19. The van der Waals surface area contributed by atoms with Crippen LogP contribution in [0.25, 0.3) is 0 Å². The molecular weight excluding hydrogens is 282 g/mol. The zero-order valence-corrected chi connectivity index (χ0v) is 11.9. The summed E-state index contributed by atoms with van der Waals surface area (Å²) in [5.74, 6) is -3.25. The lowest BCUT2D eigenvalue weighted by Gasteiger charge is -2.14. The molecule has 1 aromatic rings. The first kappa shape index (κ1) is 16.0. The van der Waals surface area contributed by atoms with Gasteiger partial charge in [0.05, 0.1) is 6.42 Å². The number of benzene rings is 1. The molecule has 1 atom stereocenters. The van der Waals surface area contributed by atoms with Crippen molar-refractivity contribution in [1.29, 1.82) is 0 Å². The van der Waals surface area contributed by atoms with Gasteiger partial charge in [-0.05, 0) is 30.9 Å². The van der Waals surface area contributed by atoms with Gasteiger partial charge < -0.3 is 15.5 Å². The molecule has 20 heavy (non-hydrogen) atoms. The number of thioether (sulfide) groups is 1. The number of carboxylic acids is 2. The maximum absolute atomic E-state index is 12.1. The molecule has 0 saturated heterocycles. The summed E-state index contributed by atoms with van der Waals surface area (Å²) < 4.78 is 0. The van der Waals surface area contributed by atoms with Gasteiger partial charge in [-0.1, -0.05) is 6.07 Å². The lowest BCUT2D eigenvalue weighted by atomic mass is 10.1. The molecular formula is C13H15NO5S. The Hall–Kier alpha value is -2.02. The highest BCUT2D eigenvalue weighted by Crippen LogP contribution is 2.19. The van der Waals surface area contributed by atoms with Crippen LogP contribution in [0.3, 0.4) is 0 Å². The fourth-order valence-electron chi connectivity index (χ4n) is 1.58. The molecule has 0 bridgehead atoms. The molecule has 1 unspecified atom stereocenters. The van der Waals surface area contributed by atoms with E-state index in [1.165, 1.54) is 11.8 Å². The van der Waals surface area contributed by atoms with Gasteiger partial charge in [0, 0.05) is 10.5 Å². The van der Waals surface area contributed by atoms with Crippen LogP contribution in [0.1, 0.15) is 22.3 Å². The Bertz CT molecular complexity index is 544. The summed E-state index contributed by atoms with van der Waals surface area (Å²) in [7, 11) is 0.